The third-order valence-electron chi connectivity index (χ3n) is 4.97. The molecule has 3 rings (SSSR count). The molecule has 0 saturated carbocycles. The normalized spacial score (nSPS) is 17.6. The van der Waals surface area contributed by atoms with Crippen molar-refractivity contribution in [3.63, 3.8) is 0 Å². The lowest BCUT2D eigenvalue weighted by molar-refractivity contribution is 0.0959. The topological polar surface area (TPSA) is 67.4 Å². The van der Waals surface area contributed by atoms with Crippen molar-refractivity contribution < 1.29 is 23.1 Å². The van der Waals surface area contributed by atoms with Crippen LogP contribution in [0.1, 0.15) is 44.0 Å². The second-order valence-electron chi connectivity index (χ2n) is 8.21. The van der Waals surface area contributed by atoms with Crippen LogP contribution in [0.3, 0.4) is 0 Å². The highest BCUT2D eigenvalue weighted by atomic mass is 19.1. The molecule has 2 aromatic carbocycles. The molecule has 0 bridgehead atoms. The van der Waals surface area contributed by atoms with E-state index in [0.717, 1.165) is 36.8 Å². The molecule has 0 saturated heterocycles. The van der Waals surface area contributed by atoms with Crippen LogP contribution in [0.5, 0.6) is 5.75 Å². The SMILES string of the molecule is CC1CC(C)(C)CC=C1Oc1ccc(NC(=O)NC(=O)c2c(F)cccc2F)cc1. The van der Waals surface area contributed by atoms with Gasteiger partial charge in [0.05, 0.1) is 0 Å². The Morgan fingerprint density at radius 3 is 2.30 bits per heavy atom. The molecule has 158 valence electrons. The fraction of sp³-hybridized carbons (Fsp3) is 0.304. The molecule has 5 nitrogen and oxygen atoms in total. The van der Waals surface area contributed by atoms with Gasteiger partial charge in [-0.3, -0.25) is 10.1 Å². The molecule has 30 heavy (non-hydrogen) atoms. The number of anilines is 1. The number of allylic oxidation sites excluding steroid dienone is 2. The third kappa shape index (κ3) is 5.23. The van der Waals surface area contributed by atoms with E-state index >= 15 is 0 Å². The lowest BCUT2D eigenvalue weighted by Gasteiger charge is -2.33. The van der Waals surface area contributed by atoms with E-state index in [2.05, 4.69) is 32.2 Å². The van der Waals surface area contributed by atoms with E-state index in [1.807, 2.05) is 5.32 Å². The van der Waals surface area contributed by atoms with Gasteiger partial charge in [-0.15, -0.1) is 0 Å². The number of carbonyl (C=O) groups excluding carboxylic acids is 2. The predicted molar refractivity (Wildman–Crippen MR) is 110 cm³/mol. The molecule has 1 unspecified atom stereocenters. The maximum Gasteiger partial charge on any atom is 0.326 e. The Bertz CT molecular complexity index is 964. The van der Waals surface area contributed by atoms with Crippen molar-refractivity contribution in [1.82, 2.24) is 5.32 Å². The van der Waals surface area contributed by atoms with Crippen molar-refractivity contribution in [3.05, 3.63) is 71.5 Å². The number of nitrogens with one attached hydrogen (secondary N) is 2. The van der Waals surface area contributed by atoms with Gasteiger partial charge < -0.3 is 10.1 Å². The average Bonchev–Trinajstić information content (AvgIpc) is 2.65. The Hall–Kier alpha value is -3.22. The zero-order valence-corrected chi connectivity index (χ0v) is 17.1. The summed E-state index contributed by atoms with van der Waals surface area (Å²) in [6, 6.07) is 8.74. The zero-order valence-electron chi connectivity index (χ0n) is 17.1. The van der Waals surface area contributed by atoms with E-state index in [4.69, 9.17) is 4.74 Å². The smallest absolute Gasteiger partial charge is 0.326 e. The van der Waals surface area contributed by atoms with Gasteiger partial charge in [-0.25, -0.2) is 13.6 Å². The molecule has 1 aliphatic rings. The Labute approximate surface area is 174 Å². The fourth-order valence-corrected chi connectivity index (χ4v) is 3.52. The Balaban J connectivity index is 1.58. The minimum absolute atomic E-state index is 0.260. The van der Waals surface area contributed by atoms with E-state index in [0.29, 0.717) is 17.4 Å². The van der Waals surface area contributed by atoms with Gasteiger partial charge in [0.2, 0.25) is 0 Å². The zero-order chi connectivity index (χ0) is 21.9. The lowest BCUT2D eigenvalue weighted by atomic mass is 9.76. The van der Waals surface area contributed by atoms with Gasteiger partial charge in [0.1, 0.15) is 28.7 Å². The maximum absolute atomic E-state index is 13.6. The monoisotopic (exact) mass is 414 g/mol. The molecule has 3 amide bonds. The molecule has 1 aliphatic carbocycles. The second kappa shape index (κ2) is 8.65. The quantitative estimate of drug-likeness (QED) is 0.680. The van der Waals surface area contributed by atoms with Crippen LogP contribution in [0, 0.1) is 23.0 Å². The summed E-state index contributed by atoms with van der Waals surface area (Å²) in [5, 5.41) is 4.36. The van der Waals surface area contributed by atoms with E-state index in [-0.39, 0.29) is 5.41 Å². The Kier molecular flexibility index (Phi) is 6.20. The first-order chi connectivity index (χ1) is 14.1. The summed E-state index contributed by atoms with van der Waals surface area (Å²) in [5.41, 5.74) is -0.154. The van der Waals surface area contributed by atoms with Crippen LogP contribution < -0.4 is 15.4 Å². The molecule has 0 radical (unpaired) electrons. The molecular weight excluding hydrogens is 390 g/mol. The molecule has 7 heteroatoms. The van der Waals surface area contributed by atoms with Crippen LogP contribution in [0.25, 0.3) is 0 Å². The van der Waals surface area contributed by atoms with Crippen LogP contribution in [-0.4, -0.2) is 11.9 Å². The molecule has 0 heterocycles. The number of hydrogen-bond acceptors (Lipinski definition) is 3. The predicted octanol–water partition coefficient (Wildman–Crippen LogP) is 5.65. The summed E-state index contributed by atoms with van der Waals surface area (Å²) < 4.78 is 33.2. The first-order valence-corrected chi connectivity index (χ1v) is 9.69. The van der Waals surface area contributed by atoms with Crippen LogP contribution >= 0.6 is 0 Å². The molecule has 2 aromatic rings. The summed E-state index contributed by atoms with van der Waals surface area (Å²) in [4.78, 5) is 24.0. The van der Waals surface area contributed by atoms with Crippen LogP contribution in [0.15, 0.2) is 54.3 Å². The molecule has 0 spiro atoms. The van der Waals surface area contributed by atoms with Crippen molar-refractivity contribution in [1.29, 1.82) is 0 Å². The van der Waals surface area contributed by atoms with Crippen LogP contribution in [0.4, 0.5) is 19.3 Å². The second-order valence-corrected chi connectivity index (χ2v) is 8.21. The van der Waals surface area contributed by atoms with Gasteiger partial charge in [0, 0.05) is 11.6 Å². The first kappa shape index (κ1) is 21.5. The molecule has 0 aromatic heterocycles. The summed E-state index contributed by atoms with van der Waals surface area (Å²) in [5.74, 6) is -1.40. The minimum Gasteiger partial charge on any atom is -0.462 e. The molecule has 0 aliphatic heterocycles. The standard InChI is InChI=1S/C23H24F2N2O3/c1-14-13-23(2,3)12-11-19(14)30-16-9-7-15(8-10-16)26-22(29)27-21(28)20-17(24)5-4-6-18(20)25/h4-11,14H,12-13H2,1-3H3,(H2,26,27,28,29). The van der Waals surface area contributed by atoms with E-state index < -0.39 is 29.1 Å². The van der Waals surface area contributed by atoms with Gasteiger partial charge in [-0.1, -0.05) is 26.8 Å². The fourth-order valence-electron chi connectivity index (χ4n) is 3.52. The number of rotatable bonds is 4. The van der Waals surface area contributed by atoms with Gasteiger partial charge in [-0.2, -0.15) is 0 Å². The summed E-state index contributed by atoms with van der Waals surface area (Å²) in [6.07, 6.45) is 4.10. The molecule has 0 fully saturated rings. The number of urea groups is 1. The highest BCUT2D eigenvalue weighted by Crippen LogP contribution is 2.38. The van der Waals surface area contributed by atoms with Crippen molar-refractivity contribution in [2.45, 2.75) is 33.6 Å². The van der Waals surface area contributed by atoms with Crippen molar-refractivity contribution >= 4 is 17.6 Å². The Morgan fingerprint density at radius 1 is 1.07 bits per heavy atom. The number of benzene rings is 2. The van der Waals surface area contributed by atoms with Crippen molar-refractivity contribution in [2.24, 2.45) is 11.3 Å². The average molecular weight is 414 g/mol. The molecular formula is C23H24F2N2O3. The van der Waals surface area contributed by atoms with Crippen LogP contribution in [-0.2, 0) is 0 Å². The van der Waals surface area contributed by atoms with Gasteiger partial charge >= 0.3 is 6.03 Å². The lowest BCUT2D eigenvalue weighted by Crippen LogP contribution is -2.35. The number of ether oxygens (including phenoxy) is 1. The van der Waals surface area contributed by atoms with Gasteiger partial charge in [0.25, 0.3) is 5.91 Å². The molecule has 2 N–H and O–H groups in total. The van der Waals surface area contributed by atoms with Crippen molar-refractivity contribution in [3.8, 4) is 5.75 Å². The largest absolute Gasteiger partial charge is 0.462 e. The van der Waals surface area contributed by atoms with Gasteiger partial charge in [-0.05, 0) is 60.7 Å². The van der Waals surface area contributed by atoms with E-state index in [9.17, 15) is 18.4 Å². The van der Waals surface area contributed by atoms with Crippen molar-refractivity contribution in [2.75, 3.05) is 5.32 Å². The summed E-state index contributed by atoms with van der Waals surface area (Å²) in [6.45, 7) is 6.59. The van der Waals surface area contributed by atoms with Crippen LogP contribution in [0.2, 0.25) is 0 Å². The van der Waals surface area contributed by atoms with E-state index in [1.54, 1.807) is 24.3 Å². The Morgan fingerprint density at radius 2 is 1.70 bits per heavy atom. The number of imide groups is 1. The van der Waals surface area contributed by atoms with E-state index in [1.165, 1.54) is 0 Å². The summed E-state index contributed by atoms with van der Waals surface area (Å²) in [7, 11) is 0. The first-order valence-electron chi connectivity index (χ1n) is 9.69. The molecule has 1 atom stereocenters. The minimum atomic E-state index is -1.16. The number of amides is 3. The third-order valence-corrected chi connectivity index (χ3v) is 4.97. The highest BCUT2D eigenvalue weighted by molar-refractivity contribution is 6.08. The maximum atomic E-state index is 13.6. The number of halogens is 2. The highest BCUT2D eigenvalue weighted by Gasteiger charge is 2.28. The number of carbonyl (C=O) groups is 2. The summed E-state index contributed by atoms with van der Waals surface area (Å²) >= 11 is 0. The number of hydrogen-bond donors (Lipinski definition) is 2. The van der Waals surface area contributed by atoms with Gasteiger partial charge in [0.15, 0.2) is 0 Å².